The molecule has 2 rings (SSSR count). The quantitative estimate of drug-likeness (QED) is 0.482. The highest BCUT2D eigenvalue weighted by Gasteiger charge is 2.20. The van der Waals surface area contributed by atoms with Gasteiger partial charge in [-0.2, -0.15) is 8.42 Å². The maximum Gasteiger partial charge on any atom is 0.322 e. The third-order valence-corrected chi connectivity index (χ3v) is 5.84. The Morgan fingerprint density at radius 1 is 0.970 bits per heavy atom. The Labute approximate surface area is 195 Å². The van der Waals surface area contributed by atoms with Crippen LogP contribution in [0.5, 0.6) is 23.0 Å². The molecule has 0 aromatic heterocycles. The molecular formula is C23H32N2O7S. The SMILES string of the molecule is CCS(=O)(=O)Oc1cc(CN(CC(C)C)C(=O)Nc2ccc(OC)cc2OC)ccc1OC. The molecule has 0 aliphatic heterocycles. The molecule has 2 aromatic carbocycles. The van der Waals surface area contributed by atoms with Gasteiger partial charge in [0.1, 0.15) is 11.5 Å². The molecule has 10 heteroatoms. The molecule has 0 aliphatic rings. The molecule has 2 aromatic rings. The fourth-order valence-electron chi connectivity index (χ4n) is 3.06. The van der Waals surface area contributed by atoms with Gasteiger partial charge in [0, 0.05) is 19.2 Å². The van der Waals surface area contributed by atoms with Crippen molar-refractivity contribution in [2.45, 2.75) is 27.3 Å². The van der Waals surface area contributed by atoms with Crippen molar-refractivity contribution in [1.29, 1.82) is 0 Å². The summed E-state index contributed by atoms with van der Waals surface area (Å²) in [6.45, 7) is 6.21. The smallest absolute Gasteiger partial charge is 0.322 e. The van der Waals surface area contributed by atoms with E-state index in [0.29, 0.717) is 35.0 Å². The van der Waals surface area contributed by atoms with Crippen LogP contribution in [0.2, 0.25) is 0 Å². The summed E-state index contributed by atoms with van der Waals surface area (Å²) in [5, 5.41) is 2.88. The van der Waals surface area contributed by atoms with E-state index >= 15 is 0 Å². The van der Waals surface area contributed by atoms with Crippen molar-refractivity contribution in [2.24, 2.45) is 5.92 Å². The zero-order valence-electron chi connectivity index (χ0n) is 19.9. The Bertz CT molecular complexity index is 1050. The molecule has 33 heavy (non-hydrogen) atoms. The Hall–Kier alpha value is -3.14. The van der Waals surface area contributed by atoms with Gasteiger partial charge in [-0.1, -0.05) is 19.9 Å². The number of nitrogens with zero attached hydrogens (tertiary/aromatic N) is 1. The van der Waals surface area contributed by atoms with Crippen LogP contribution in [0.3, 0.4) is 0 Å². The Balaban J connectivity index is 2.29. The number of anilines is 1. The number of rotatable bonds is 11. The van der Waals surface area contributed by atoms with Gasteiger partial charge in [0.2, 0.25) is 0 Å². The summed E-state index contributed by atoms with van der Waals surface area (Å²) in [5.41, 5.74) is 1.19. The number of hydrogen-bond donors (Lipinski definition) is 1. The molecular weight excluding hydrogens is 448 g/mol. The van der Waals surface area contributed by atoms with Crippen LogP contribution >= 0.6 is 0 Å². The number of carbonyl (C=O) groups excluding carboxylic acids is 1. The van der Waals surface area contributed by atoms with E-state index in [9.17, 15) is 13.2 Å². The van der Waals surface area contributed by atoms with Crippen molar-refractivity contribution >= 4 is 21.8 Å². The highest BCUT2D eigenvalue weighted by molar-refractivity contribution is 7.87. The van der Waals surface area contributed by atoms with Crippen molar-refractivity contribution in [1.82, 2.24) is 4.90 Å². The minimum absolute atomic E-state index is 0.0820. The first-order valence-corrected chi connectivity index (χ1v) is 12.1. The summed E-state index contributed by atoms with van der Waals surface area (Å²) in [5.74, 6) is 1.47. The molecule has 1 N–H and O–H groups in total. The number of urea groups is 1. The topological polar surface area (TPSA) is 103 Å². The van der Waals surface area contributed by atoms with Crippen molar-refractivity contribution < 1.29 is 31.6 Å². The fourth-order valence-corrected chi connectivity index (χ4v) is 3.58. The molecule has 2 amide bonds. The van der Waals surface area contributed by atoms with Gasteiger partial charge in [0.15, 0.2) is 11.5 Å². The first-order valence-electron chi connectivity index (χ1n) is 10.5. The van der Waals surface area contributed by atoms with Crippen LogP contribution in [-0.2, 0) is 16.7 Å². The Morgan fingerprint density at radius 3 is 2.24 bits per heavy atom. The van der Waals surface area contributed by atoms with Crippen molar-refractivity contribution in [3.8, 4) is 23.0 Å². The molecule has 0 spiro atoms. The van der Waals surface area contributed by atoms with Gasteiger partial charge in [0.05, 0.1) is 32.8 Å². The summed E-state index contributed by atoms with van der Waals surface area (Å²) < 4.78 is 44.9. The van der Waals surface area contributed by atoms with Crippen LogP contribution < -0.4 is 23.7 Å². The highest BCUT2D eigenvalue weighted by atomic mass is 32.2. The molecule has 0 atom stereocenters. The van der Waals surface area contributed by atoms with Crippen LogP contribution in [0.1, 0.15) is 26.3 Å². The van der Waals surface area contributed by atoms with Gasteiger partial charge in [-0.25, -0.2) is 4.79 Å². The third-order valence-electron chi connectivity index (χ3n) is 4.69. The first-order chi connectivity index (χ1) is 15.6. The van der Waals surface area contributed by atoms with Crippen LogP contribution in [0.4, 0.5) is 10.5 Å². The highest BCUT2D eigenvalue weighted by Crippen LogP contribution is 2.31. The average molecular weight is 481 g/mol. The standard InChI is InChI=1S/C23H32N2O7S/c1-7-33(27,28)32-22-12-17(8-11-20(22)30-5)15-25(14-16(2)3)23(26)24-19-10-9-18(29-4)13-21(19)31-6/h8-13,16H,7,14-15H2,1-6H3,(H,24,26). The predicted molar refractivity (Wildman–Crippen MR) is 127 cm³/mol. The van der Waals surface area contributed by atoms with Crippen molar-refractivity contribution in [3.63, 3.8) is 0 Å². The van der Waals surface area contributed by atoms with E-state index in [1.807, 2.05) is 13.8 Å². The van der Waals surface area contributed by atoms with Crippen LogP contribution in [-0.4, -0.2) is 53.0 Å². The van der Waals surface area contributed by atoms with Crippen LogP contribution in [0, 0.1) is 5.92 Å². The summed E-state index contributed by atoms with van der Waals surface area (Å²) in [6.07, 6.45) is 0. The predicted octanol–water partition coefficient (Wildman–Crippen LogP) is 4.13. The number of hydrogen-bond acceptors (Lipinski definition) is 7. The maximum atomic E-state index is 13.1. The summed E-state index contributed by atoms with van der Waals surface area (Å²) >= 11 is 0. The van der Waals surface area contributed by atoms with Gasteiger partial charge in [-0.15, -0.1) is 0 Å². The second-order valence-electron chi connectivity index (χ2n) is 7.69. The number of carbonyl (C=O) groups is 1. The van der Waals surface area contributed by atoms with E-state index in [2.05, 4.69) is 5.32 Å². The van der Waals surface area contributed by atoms with Gasteiger partial charge in [-0.3, -0.25) is 0 Å². The first kappa shape index (κ1) is 26.1. The molecule has 0 heterocycles. The number of ether oxygens (including phenoxy) is 3. The molecule has 0 fully saturated rings. The largest absolute Gasteiger partial charge is 0.497 e. The lowest BCUT2D eigenvalue weighted by Crippen LogP contribution is -2.37. The normalized spacial score (nSPS) is 11.1. The van der Waals surface area contributed by atoms with Crippen LogP contribution in [0.25, 0.3) is 0 Å². The summed E-state index contributed by atoms with van der Waals surface area (Å²) in [7, 11) is 0.760. The van der Waals surface area contributed by atoms with Crippen molar-refractivity contribution in [2.75, 3.05) is 38.9 Å². The zero-order valence-corrected chi connectivity index (χ0v) is 20.7. The molecule has 9 nitrogen and oxygen atoms in total. The molecule has 0 radical (unpaired) electrons. The minimum Gasteiger partial charge on any atom is -0.497 e. The van der Waals surface area contributed by atoms with E-state index < -0.39 is 10.1 Å². The van der Waals surface area contributed by atoms with Gasteiger partial charge >= 0.3 is 16.1 Å². The molecule has 0 bridgehead atoms. The minimum atomic E-state index is -3.74. The van der Waals surface area contributed by atoms with E-state index in [1.165, 1.54) is 21.1 Å². The second-order valence-corrected chi connectivity index (χ2v) is 9.55. The zero-order chi connectivity index (χ0) is 24.6. The van der Waals surface area contributed by atoms with Crippen molar-refractivity contribution in [3.05, 3.63) is 42.0 Å². The number of nitrogens with one attached hydrogen (secondary N) is 1. The molecule has 0 saturated carbocycles. The lowest BCUT2D eigenvalue weighted by Gasteiger charge is -2.26. The number of benzene rings is 2. The lowest BCUT2D eigenvalue weighted by molar-refractivity contribution is 0.201. The second kappa shape index (κ2) is 11.6. The van der Waals surface area contributed by atoms with Gasteiger partial charge in [0.25, 0.3) is 0 Å². The van der Waals surface area contributed by atoms with Gasteiger partial charge in [-0.05, 0) is 42.7 Å². The van der Waals surface area contributed by atoms with E-state index in [4.69, 9.17) is 18.4 Å². The Morgan fingerprint density at radius 2 is 1.67 bits per heavy atom. The summed E-state index contributed by atoms with van der Waals surface area (Å²) in [6, 6.07) is 9.74. The fraction of sp³-hybridized carbons (Fsp3) is 0.435. The average Bonchev–Trinajstić information content (AvgIpc) is 2.78. The van der Waals surface area contributed by atoms with Crippen LogP contribution in [0.15, 0.2) is 36.4 Å². The number of amides is 2. The molecule has 0 aliphatic carbocycles. The third kappa shape index (κ3) is 7.45. The number of methoxy groups -OCH3 is 3. The Kier molecular flexibility index (Phi) is 9.22. The monoisotopic (exact) mass is 480 g/mol. The molecule has 0 unspecified atom stereocenters. The lowest BCUT2D eigenvalue weighted by atomic mass is 10.1. The molecule has 0 saturated heterocycles. The van der Waals surface area contributed by atoms with Gasteiger partial charge < -0.3 is 28.6 Å². The maximum absolute atomic E-state index is 13.1. The molecule has 182 valence electrons. The van der Waals surface area contributed by atoms with E-state index in [-0.39, 0.29) is 30.0 Å². The van der Waals surface area contributed by atoms with E-state index in [0.717, 1.165) is 0 Å². The van der Waals surface area contributed by atoms with E-state index in [1.54, 1.807) is 48.4 Å². The summed E-state index contributed by atoms with van der Waals surface area (Å²) in [4.78, 5) is 14.8.